The first-order valence-electron chi connectivity index (χ1n) is 6.67. The molecule has 2 rings (SSSR count). The predicted octanol–water partition coefficient (Wildman–Crippen LogP) is 1.91. The van der Waals surface area contributed by atoms with Crippen molar-refractivity contribution in [2.45, 2.75) is 26.2 Å². The van der Waals surface area contributed by atoms with E-state index in [-0.39, 0.29) is 12.2 Å². The number of hydrogen-bond donors (Lipinski definition) is 3. The SMILES string of the molecule is Cc1ccc(C(=O)O)c(NCC2CCCC2CO)n1. The molecule has 1 fully saturated rings. The number of aryl methyl sites for hydroxylation is 1. The zero-order chi connectivity index (χ0) is 13.8. The molecule has 19 heavy (non-hydrogen) atoms. The Bertz CT molecular complexity index is 462. The predicted molar refractivity (Wildman–Crippen MR) is 72.3 cm³/mol. The second-order valence-electron chi connectivity index (χ2n) is 5.17. The van der Waals surface area contributed by atoms with Gasteiger partial charge in [-0.25, -0.2) is 9.78 Å². The number of hydrogen-bond acceptors (Lipinski definition) is 4. The van der Waals surface area contributed by atoms with Gasteiger partial charge < -0.3 is 15.5 Å². The smallest absolute Gasteiger partial charge is 0.339 e. The molecule has 5 heteroatoms. The summed E-state index contributed by atoms with van der Waals surface area (Å²) in [6, 6.07) is 3.27. The lowest BCUT2D eigenvalue weighted by atomic mass is 9.97. The van der Waals surface area contributed by atoms with E-state index in [0.29, 0.717) is 24.2 Å². The maximum atomic E-state index is 11.1. The van der Waals surface area contributed by atoms with Gasteiger partial charge in [-0.05, 0) is 43.7 Å². The van der Waals surface area contributed by atoms with Crippen LogP contribution in [0.2, 0.25) is 0 Å². The van der Waals surface area contributed by atoms with E-state index in [1.165, 1.54) is 0 Å². The number of aliphatic hydroxyl groups excluding tert-OH is 1. The number of aromatic carboxylic acids is 1. The Morgan fingerprint density at radius 2 is 2.16 bits per heavy atom. The van der Waals surface area contributed by atoms with Crippen molar-refractivity contribution in [1.82, 2.24) is 4.98 Å². The Morgan fingerprint density at radius 1 is 1.42 bits per heavy atom. The number of nitrogens with one attached hydrogen (secondary N) is 1. The van der Waals surface area contributed by atoms with Gasteiger partial charge in [0, 0.05) is 18.8 Å². The maximum absolute atomic E-state index is 11.1. The summed E-state index contributed by atoms with van der Waals surface area (Å²) in [6.07, 6.45) is 3.26. The summed E-state index contributed by atoms with van der Waals surface area (Å²) >= 11 is 0. The average molecular weight is 264 g/mol. The van der Waals surface area contributed by atoms with Gasteiger partial charge in [-0.15, -0.1) is 0 Å². The fourth-order valence-electron chi connectivity index (χ4n) is 2.71. The largest absolute Gasteiger partial charge is 0.478 e. The second kappa shape index (κ2) is 6.02. The van der Waals surface area contributed by atoms with Crippen molar-refractivity contribution >= 4 is 11.8 Å². The van der Waals surface area contributed by atoms with Crippen molar-refractivity contribution in [2.24, 2.45) is 11.8 Å². The topological polar surface area (TPSA) is 82.5 Å². The van der Waals surface area contributed by atoms with Crippen LogP contribution in [0.5, 0.6) is 0 Å². The number of carbonyl (C=O) groups is 1. The van der Waals surface area contributed by atoms with Gasteiger partial charge in [-0.3, -0.25) is 0 Å². The van der Waals surface area contributed by atoms with Crippen LogP contribution < -0.4 is 5.32 Å². The Balaban J connectivity index is 2.06. The zero-order valence-electron chi connectivity index (χ0n) is 11.1. The highest BCUT2D eigenvalue weighted by atomic mass is 16.4. The highest BCUT2D eigenvalue weighted by molar-refractivity contribution is 5.93. The first-order valence-corrected chi connectivity index (χ1v) is 6.67. The fourth-order valence-corrected chi connectivity index (χ4v) is 2.71. The molecule has 0 aromatic carbocycles. The molecule has 0 saturated heterocycles. The third-order valence-electron chi connectivity index (χ3n) is 3.85. The molecule has 2 unspecified atom stereocenters. The van der Waals surface area contributed by atoms with Crippen LogP contribution in [-0.4, -0.2) is 34.3 Å². The first kappa shape index (κ1) is 13.8. The van der Waals surface area contributed by atoms with Crippen LogP contribution in [0.4, 0.5) is 5.82 Å². The number of anilines is 1. The van der Waals surface area contributed by atoms with Crippen molar-refractivity contribution in [3.63, 3.8) is 0 Å². The molecule has 0 spiro atoms. The molecule has 0 aliphatic heterocycles. The molecule has 1 saturated carbocycles. The zero-order valence-corrected chi connectivity index (χ0v) is 11.1. The van der Waals surface area contributed by atoms with E-state index in [1.54, 1.807) is 12.1 Å². The van der Waals surface area contributed by atoms with Crippen molar-refractivity contribution in [3.8, 4) is 0 Å². The quantitative estimate of drug-likeness (QED) is 0.756. The van der Waals surface area contributed by atoms with Gasteiger partial charge in [0.05, 0.1) is 0 Å². The Morgan fingerprint density at radius 3 is 2.84 bits per heavy atom. The number of carboxylic acids is 1. The minimum absolute atomic E-state index is 0.198. The van der Waals surface area contributed by atoms with Crippen LogP contribution in [-0.2, 0) is 0 Å². The van der Waals surface area contributed by atoms with Gasteiger partial charge in [0.15, 0.2) is 0 Å². The van der Waals surface area contributed by atoms with Crippen LogP contribution in [0.3, 0.4) is 0 Å². The lowest BCUT2D eigenvalue weighted by molar-refractivity contribution is 0.0697. The molecule has 1 aromatic heterocycles. The second-order valence-corrected chi connectivity index (χ2v) is 5.17. The number of pyridine rings is 1. The summed E-state index contributed by atoms with van der Waals surface area (Å²) in [5.41, 5.74) is 0.988. The van der Waals surface area contributed by atoms with E-state index in [4.69, 9.17) is 5.11 Å². The molecule has 5 nitrogen and oxygen atoms in total. The standard InChI is InChI=1S/C14H20N2O3/c1-9-5-6-12(14(18)19)13(16-9)15-7-10-3-2-4-11(10)8-17/h5-6,10-11,17H,2-4,7-8H2,1H3,(H,15,16)(H,18,19). The lowest BCUT2D eigenvalue weighted by Crippen LogP contribution is -2.22. The van der Waals surface area contributed by atoms with E-state index in [0.717, 1.165) is 25.0 Å². The molecule has 2 atom stereocenters. The Labute approximate surface area is 112 Å². The summed E-state index contributed by atoms with van der Waals surface area (Å²) in [5, 5.41) is 21.5. The lowest BCUT2D eigenvalue weighted by Gasteiger charge is -2.19. The van der Waals surface area contributed by atoms with Gasteiger partial charge in [-0.1, -0.05) is 6.42 Å². The summed E-state index contributed by atoms with van der Waals surface area (Å²) in [4.78, 5) is 15.4. The highest BCUT2D eigenvalue weighted by Crippen LogP contribution is 2.31. The number of carboxylic acid groups (broad SMARTS) is 1. The number of aliphatic hydroxyl groups is 1. The maximum Gasteiger partial charge on any atom is 0.339 e. The number of rotatable bonds is 5. The van der Waals surface area contributed by atoms with Crippen molar-refractivity contribution in [2.75, 3.05) is 18.5 Å². The van der Waals surface area contributed by atoms with Gasteiger partial charge in [-0.2, -0.15) is 0 Å². The monoisotopic (exact) mass is 264 g/mol. The van der Waals surface area contributed by atoms with Crippen LogP contribution in [0, 0.1) is 18.8 Å². The fraction of sp³-hybridized carbons (Fsp3) is 0.571. The summed E-state index contributed by atoms with van der Waals surface area (Å²) in [6.45, 7) is 2.71. The Kier molecular flexibility index (Phi) is 4.37. The van der Waals surface area contributed by atoms with Gasteiger partial charge in [0.25, 0.3) is 0 Å². The van der Waals surface area contributed by atoms with Crippen LogP contribution in [0.15, 0.2) is 12.1 Å². The summed E-state index contributed by atoms with van der Waals surface area (Å²) < 4.78 is 0. The molecule has 1 heterocycles. The molecule has 0 amide bonds. The molecular formula is C14H20N2O3. The van der Waals surface area contributed by atoms with Gasteiger partial charge in [0.2, 0.25) is 0 Å². The minimum atomic E-state index is -0.972. The molecule has 0 radical (unpaired) electrons. The molecule has 3 N–H and O–H groups in total. The number of nitrogens with zero attached hydrogens (tertiary/aromatic N) is 1. The molecule has 1 aromatic rings. The van der Waals surface area contributed by atoms with Crippen molar-refractivity contribution in [1.29, 1.82) is 0 Å². The normalized spacial score (nSPS) is 22.4. The minimum Gasteiger partial charge on any atom is -0.478 e. The highest BCUT2D eigenvalue weighted by Gasteiger charge is 2.26. The number of aromatic nitrogens is 1. The third-order valence-corrected chi connectivity index (χ3v) is 3.85. The molecule has 1 aliphatic carbocycles. The van der Waals surface area contributed by atoms with E-state index < -0.39 is 5.97 Å². The van der Waals surface area contributed by atoms with E-state index in [2.05, 4.69) is 10.3 Å². The molecule has 104 valence electrons. The molecule has 0 bridgehead atoms. The Hall–Kier alpha value is -1.62. The van der Waals surface area contributed by atoms with Crippen molar-refractivity contribution in [3.05, 3.63) is 23.4 Å². The third kappa shape index (κ3) is 3.23. The van der Waals surface area contributed by atoms with Gasteiger partial charge >= 0.3 is 5.97 Å². The van der Waals surface area contributed by atoms with Crippen LogP contribution >= 0.6 is 0 Å². The molecular weight excluding hydrogens is 244 g/mol. The average Bonchev–Trinajstić information content (AvgIpc) is 2.83. The summed E-state index contributed by atoms with van der Waals surface area (Å²) in [7, 11) is 0. The summed E-state index contributed by atoms with van der Waals surface area (Å²) in [5.74, 6) is 0.177. The van der Waals surface area contributed by atoms with Crippen LogP contribution in [0.1, 0.15) is 35.3 Å². The van der Waals surface area contributed by atoms with E-state index in [1.807, 2.05) is 6.92 Å². The van der Waals surface area contributed by atoms with Crippen molar-refractivity contribution < 1.29 is 15.0 Å². The van der Waals surface area contributed by atoms with Gasteiger partial charge in [0.1, 0.15) is 11.4 Å². The van der Waals surface area contributed by atoms with E-state index >= 15 is 0 Å². The molecule has 1 aliphatic rings. The van der Waals surface area contributed by atoms with E-state index in [9.17, 15) is 9.90 Å². The first-order chi connectivity index (χ1) is 9.11. The van der Waals surface area contributed by atoms with Crippen LogP contribution in [0.25, 0.3) is 0 Å².